The lowest BCUT2D eigenvalue weighted by Crippen LogP contribution is -2.61. The number of primary amides is 1. The number of hydrogen-bond donors (Lipinski definition) is 3. The fraction of sp³-hybridized carbons (Fsp3) is 0.353. The van der Waals surface area contributed by atoms with Gasteiger partial charge >= 0.3 is 0 Å². The summed E-state index contributed by atoms with van der Waals surface area (Å²) in [5, 5.41) is 13.3. The van der Waals surface area contributed by atoms with Crippen molar-refractivity contribution in [3.05, 3.63) is 88.1 Å². The number of aliphatic hydroxyl groups excluding tert-OH is 1. The smallest absolute Gasteiger partial charge is 0.270 e. The molecular weight excluding hydrogens is 618 g/mol. The molecule has 238 valence electrons. The number of halogens is 3. The first kappa shape index (κ1) is 32.8. The Hall–Kier alpha value is -3.63. The molecule has 2 heterocycles. The molecule has 2 amide bonds. The number of ether oxygens (including phenoxy) is 1. The zero-order chi connectivity index (χ0) is 32.1. The van der Waals surface area contributed by atoms with Crippen molar-refractivity contribution in [1.82, 2.24) is 14.8 Å². The monoisotopic (exact) mass is 654 g/mol. The summed E-state index contributed by atoms with van der Waals surface area (Å²) in [5.74, 6) is 0.00450. The highest BCUT2D eigenvalue weighted by Gasteiger charge is 2.41. The summed E-state index contributed by atoms with van der Waals surface area (Å²) in [6.07, 6.45) is 5.48. The predicted molar refractivity (Wildman–Crippen MR) is 175 cm³/mol. The summed E-state index contributed by atoms with van der Waals surface area (Å²) in [7, 11) is 1.84. The minimum atomic E-state index is -1.04. The molecule has 1 saturated heterocycles. The zero-order valence-corrected chi connectivity index (χ0v) is 26.6. The van der Waals surface area contributed by atoms with E-state index >= 15 is 0 Å². The summed E-state index contributed by atoms with van der Waals surface area (Å²) in [5.41, 5.74) is 9.33. The SMILES string of the molecule is Cn1c(C(=O)N2CCC(NCC3=CC=CC(F)C3)(C(N)=O)CC2)cc(-c2ccc(Cl)cc2Cl)c1-c1ccc(OCCCO)cc1. The Bertz CT molecular complexity index is 1610. The van der Waals surface area contributed by atoms with Crippen LogP contribution in [0.3, 0.4) is 0 Å². The van der Waals surface area contributed by atoms with E-state index in [-0.39, 0.29) is 18.9 Å². The quantitative estimate of drug-likeness (QED) is 0.230. The van der Waals surface area contributed by atoms with Gasteiger partial charge in [0.2, 0.25) is 5.91 Å². The summed E-state index contributed by atoms with van der Waals surface area (Å²) < 4.78 is 21.4. The highest BCUT2D eigenvalue weighted by atomic mass is 35.5. The molecular formula is C34H37Cl2FN4O4. The average Bonchev–Trinajstić information content (AvgIpc) is 3.36. The second-order valence-electron chi connectivity index (χ2n) is 11.4. The van der Waals surface area contributed by atoms with Gasteiger partial charge in [-0.05, 0) is 60.9 Å². The van der Waals surface area contributed by atoms with Crippen LogP contribution in [0.15, 0.2) is 72.3 Å². The van der Waals surface area contributed by atoms with Crippen molar-refractivity contribution < 1.29 is 23.8 Å². The van der Waals surface area contributed by atoms with Crippen molar-refractivity contribution in [2.45, 2.75) is 37.4 Å². The topological polar surface area (TPSA) is 110 Å². The van der Waals surface area contributed by atoms with Gasteiger partial charge < -0.3 is 25.0 Å². The van der Waals surface area contributed by atoms with E-state index < -0.39 is 17.6 Å². The minimum Gasteiger partial charge on any atom is -0.494 e. The van der Waals surface area contributed by atoms with Crippen molar-refractivity contribution in [2.24, 2.45) is 12.8 Å². The normalized spacial score (nSPS) is 17.7. The summed E-state index contributed by atoms with van der Waals surface area (Å²) in [6, 6.07) is 14.6. The second-order valence-corrected chi connectivity index (χ2v) is 12.3. The number of aliphatic hydroxyl groups is 1. The second kappa shape index (κ2) is 14.2. The molecule has 1 unspecified atom stereocenters. The van der Waals surface area contributed by atoms with Crippen molar-refractivity contribution >= 4 is 35.0 Å². The molecule has 8 nitrogen and oxygen atoms in total. The first-order chi connectivity index (χ1) is 21.6. The maximum absolute atomic E-state index is 14.0. The third-order valence-electron chi connectivity index (χ3n) is 8.51. The van der Waals surface area contributed by atoms with Crippen molar-refractivity contribution in [3.8, 4) is 28.1 Å². The molecule has 0 radical (unpaired) electrons. The maximum atomic E-state index is 14.0. The van der Waals surface area contributed by atoms with Crippen LogP contribution in [0.5, 0.6) is 5.75 Å². The van der Waals surface area contributed by atoms with E-state index in [4.69, 9.17) is 38.8 Å². The molecule has 3 aromatic rings. The Kier molecular flexibility index (Phi) is 10.3. The number of alkyl halides is 1. The number of nitrogens with two attached hydrogens (primary N) is 1. The molecule has 0 bridgehead atoms. The number of piperidine rings is 1. The largest absolute Gasteiger partial charge is 0.494 e. The van der Waals surface area contributed by atoms with Crippen LogP contribution in [-0.4, -0.2) is 70.9 Å². The lowest BCUT2D eigenvalue weighted by molar-refractivity contribution is -0.126. The molecule has 0 saturated carbocycles. The Balaban J connectivity index is 1.40. The Labute approximate surface area is 272 Å². The van der Waals surface area contributed by atoms with Crippen LogP contribution < -0.4 is 15.8 Å². The number of carbonyl (C=O) groups excluding carboxylic acids is 2. The van der Waals surface area contributed by atoms with Gasteiger partial charge in [0, 0.05) is 67.3 Å². The van der Waals surface area contributed by atoms with Crippen molar-refractivity contribution in [1.29, 1.82) is 0 Å². The lowest BCUT2D eigenvalue weighted by atomic mass is 9.86. The van der Waals surface area contributed by atoms with Gasteiger partial charge in [-0.1, -0.05) is 53.1 Å². The van der Waals surface area contributed by atoms with Crippen LogP contribution in [0.1, 0.15) is 36.2 Å². The molecule has 2 aliphatic rings. The molecule has 4 N–H and O–H groups in total. The van der Waals surface area contributed by atoms with Gasteiger partial charge in [-0.25, -0.2) is 4.39 Å². The van der Waals surface area contributed by atoms with Gasteiger partial charge in [-0.15, -0.1) is 0 Å². The van der Waals surface area contributed by atoms with Crippen LogP contribution in [0.2, 0.25) is 10.0 Å². The van der Waals surface area contributed by atoms with E-state index in [1.54, 1.807) is 23.1 Å². The molecule has 1 aliphatic carbocycles. The van der Waals surface area contributed by atoms with Crippen LogP contribution in [0.4, 0.5) is 4.39 Å². The first-order valence-corrected chi connectivity index (χ1v) is 15.7. The van der Waals surface area contributed by atoms with E-state index in [1.807, 2.05) is 54.1 Å². The Morgan fingerprint density at radius 3 is 2.49 bits per heavy atom. The van der Waals surface area contributed by atoms with Crippen LogP contribution >= 0.6 is 23.2 Å². The first-order valence-electron chi connectivity index (χ1n) is 15.0. The van der Waals surface area contributed by atoms with Gasteiger partial charge in [0.1, 0.15) is 23.2 Å². The molecule has 1 atom stereocenters. The van der Waals surface area contributed by atoms with Gasteiger partial charge in [0.15, 0.2) is 0 Å². The van der Waals surface area contributed by atoms with Gasteiger partial charge in [0.05, 0.1) is 12.3 Å². The standard InChI is InChI=1S/C34H37Cl2FN4O4/c1-40-30(32(43)41-14-12-34(13-15-41,33(38)44)39-21-22-4-2-5-25(37)18-22)20-28(27-11-8-24(35)19-29(27)36)31(40)23-6-9-26(10-7-23)45-17-3-16-42/h2,4-11,19-20,25,39,42H,3,12-18,21H2,1H3,(H2,38,44). The van der Waals surface area contributed by atoms with E-state index in [1.165, 1.54) is 6.08 Å². The predicted octanol–water partition coefficient (Wildman–Crippen LogP) is 5.70. The van der Waals surface area contributed by atoms with E-state index in [0.29, 0.717) is 67.0 Å². The van der Waals surface area contributed by atoms with Gasteiger partial charge in [-0.2, -0.15) is 0 Å². The van der Waals surface area contributed by atoms with Gasteiger partial charge in [0.25, 0.3) is 5.91 Å². The third kappa shape index (κ3) is 7.28. The third-order valence-corrected chi connectivity index (χ3v) is 9.06. The summed E-state index contributed by atoms with van der Waals surface area (Å²) in [4.78, 5) is 28.4. The number of aromatic nitrogens is 1. The number of likely N-dealkylation sites (tertiary alicyclic amines) is 1. The Morgan fingerprint density at radius 2 is 1.84 bits per heavy atom. The molecule has 11 heteroatoms. The van der Waals surface area contributed by atoms with Crippen LogP contribution in [0.25, 0.3) is 22.4 Å². The average molecular weight is 656 g/mol. The Morgan fingerprint density at radius 1 is 1.11 bits per heavy atom. The number of amides is 2. The number of nitrogens with zero attached hydrogens (tertiary/aromatic N) is 2. The molecule has 2 aromatic carbocycles. The zero-order valence-electron chi connectivity index (χ0n) is 25.1. The fourth-order valence-electron chi connectivity index (χ4n) is 5.91. The van der Waals surface area contributed by atoms with E-state index in [0.717, 1.165) is 28.0 Å². The minimum absolute atomic E-state index is 0.0530. The van der Waals surface area contributed by atoms with Gasteiger partial charge in [-0.3, -0.25) is 14.9 Å². The molecule has 5 rings (SSSR count). The maximum Gasteiger partial charge on any atom is 0.270 e. The molecule has 1 aliphatic heterocycles. The lowest BCUT2D eigenvalue weighted by Gasteiger charge is -2.40. The van der Waals surface area contributed by atoms with Crippen LogP contribution in [-0.2, 0) is 11.8 Å². The number of allylic oxidation sites excluding steroid dienone is 3. The number of nitrogens with one attached hydrogen (secondary N) is 1. The highest BCUT2D eigenvalue weighted by molar-refractivity contribution is 6.36. The molecule has 1 fully saturated rings. The number of benzene rings is 2. The van der Waals surface area contributed by atoms with E-state index in [9.17, 15) is 14.0 Å². The van der Waals surface area contributed by atoms with Crippen molar-refractivity contribution in [2.75, 3.05) is 32.8 Å². The molecule has 0 spiro atoms. The number of carbonyl (C=O) groups is 2. The summed E-state index contributed by atoms with van der Waals surface area (Å²) >= 11 is 12.9. The van der Waals surface area contributed by atoms with Crippen LogP contribution in [0, 0.1) is 0 Å². The highest BCUT2D eigenvalue weighted by Crippen LogP contribution is 2.40. The fourth-order valence-corrected chi connectivity index (χ4v) is 6.42. The number of rotatable bonds is 11. The number of hydrogen-bond acceptors (Lipinski definition) is 5. The summed E-state index contributed by atoms with van der Waals surface area (Å²) in [6.45, 7) is 1.43. The van der Waals surface area contributed by atoms with E-state index in [2.05, 4.69) is 5.32 Å². The molecule has 45 heavy (non-hydrogen) atoms. The van der Waals surface area contributed by atoms with Crippen molar-refractivity contribution in [3.63, 3.8) is 0 Å². The molecule has 1 aromatic heterocycles.